The van der Waals surface area contributed by atoms with E-state index in [0.29, 0.717) is 25.4 Å². The Balaban J connectivity index is 1.43. The van der Waals surface area contributed by atoms with Crippen LogP contribution in [0.15, 0.2) is 53.5 Å². The van der Waals surface area contributed by atoms with Gasteiger partial charge in [-0.15, -0.1) is 0 Å². The number of unbranched alkanes of at least 4 members (excludes halogenated alkanes) is 11. The van der Waals surface area contributed by atoms with Crippen molar-refractivity contribution in [2.75, 3.05) is 25.6 Å². The predicted molar refractivity (Wildman–Crippen MR) is 256 cm³/mol. The SMILES string of the molecule is CCCCC/C=C\CC1OC1C/C=C\C/C=C\CCCC(=O)O[C@H](COC(=O)CCCCCCCCCCC(C)CC)COP(=O)(O)OP(=O)(O)OC[C@H]1O[C@@H](n2ccc(N)nc2=O)[C@H](O)[C@@H]1O. The number of ether oxygens (including phenoxy) is 4. The average molecular weight is 1000 g/mol. The van der Waals surface area contributed by atoms with Gasteiger partial charge in [-0.2, -0.15) is 9.29 Å². The van der Waals surface area contributed by atoms with Gasteiger partial charge < -0.3 is 44.7 Å². The van der Waals surface area contributed by atoms with Gasteiger partial charge in [0.15, 0.2) is 12.3 Å². The number of hydrogen-bond donors (Lipinski definition) is 5. The maximum Gasteiger partial charge on any atom is 0.481 e. The zero-order valence-corrected chi connectivity index (χ0v) is 42.1. The van der Waals surface area contributed by atoms with Gasteiger partial charge >= 0.3 is 33.3 Å². The number of nitrogens with two attached hydrogens (primary N) is 1. The van der Waals surface area contributed by atoms with Gasteiger partial charge in [-0.05, 0) is 63.4 Å². The molecule has 10 atom stereocenters. The van der Waals surface area contributed by atoms with Crippen LogP contribution in [-0.2, 0) is 51.0 Å². The Kier molecular flexibility index (Phi) is 28.5. The maximum atomic E-state index is 12.8. The van der Waals surface area contributed by atoms with Crippen molar-refractivity contribution >= 4 is 33.4 Å². The number of aliphatic hydroxyl groups excluding tert-OH is 2. The number of carbonyl (C=O) groups is 2. The van der Waals surface area contributed by atoms with E-state index in [2.05, 4.69) is 54.4 Å². The lowest BCUT2D eigenvalue weighted by Gasteiger charge is -2.21. The fourth-order valence-corrected chi connectivity index (χ4v) is 9.43. The van der Waals surface area contributed by atoms with Gasteiger partial charge in [0.2, 0.25) is 0 Å². The molecule has 6 N–H and O–H groups in total. The third-order valence-electron chi connectivity index (χ3n) is 11.7. The van der Waals surface area contributed by atoms with Gasteiger partial charge in [0.1, 0.15) is 30.7 Å². The molecule has 21 heteroatoms. The number of epoxide rings is 1. The fourth-order valence-electron chi connectivity index (χ4n) is 7.32. The highest BCUT2D eigenvalue weighted by atomic mass is 31.3. The Labute approximate surface area is 402 Å². The van der Waals surface area contributed by atoms with Crippen LogP contribution in [-0.4, -0.2) is 97.9 Å². The van der Waals surface area contributed by atoms with Gasteiger partial charge in [0.05, 0.1) is 25.4 Å². The summed E-state index contributed by atoms with van der Waals surface area (Å²) < 4.78 is 62.4. The van der Waals surface area contributed by atoms with Crippen LogP contribution in [0.3, 0.4) is 0 Å². The maximum absolute atomic E-state index is 12.8. The molecule has 0 amide bonds. The summed E-state index contributed by atoms with van der Waals surface area (Å²) in [7, 11) is -10.9. The van der Waals surface area contributed by atoms with Gasteiger partial charge in [0.25, 0.3) is 0 Å². The second-order valence-corrected chi connectivity index (χ2v) is 20.6. The number of anilines is 1. The third-order valence-corrected chi connectivity index (χ3v) is 14.3. The quantitative estimate of drug-likeness (QED) is 0.0137. The van der Waals surface area contributed by atoms with Crippen molar-refractivity contribution in [1.29, 1.82) is 0 Å². The molecule has 0 saturated carbocycles. The largest absolute Gasteiger partial charge is 0.481 e. The molecule has 0 radical (unpaired) electrons. The molecule has 0 spiro atoms. The summed E-state index contributed by atoms with van der Waals surface area (Å²) in [5.41, 5.74) is 4.58. The zero-order chi connectivity index (χ0) is 49.8. The third kappa shape index (κ3) is 25.2. The molecule has 0 aromatic carbocycles. The molecule has 2 aliphatic heterocycles. The first kappa shape index (κ1) is 59.2. The predicted octanol–water partition coefficient (Wildman–Crippen LogP) is 8.45. The number of nitrogens with zero attached hydrogens (tertiary/aromatic N) is 2. The lowest BCUT2D eigenvalue weighted by molar-refractivity contribution is -0.161. The molecule has 68 heavy (non-hydrogen) atoms. The monoisotopic (exact) mass is 1000 g/mol. The van der Waals surface area contributed by atoms with E-state index in [1.54, 1.807) is 0 Å². The number of allylic oxidation sites excluding steroid dienone is 4. The lowest BCUT2D eigenvalue weighted by Crippen LogP contribution is -2.36. The van der Waals surface area contributed by atoms with Crippen LogP contribution in [0.1, 0.15) is 162 Å². The van der Waals surface area contributed by atoms with E-state index in [0.717, 1.165) is 68.0 Å². The van der Waals surface area contributed by atoms with Crippen molar-refractivity contribution in [2.45, 2.75) is 198 Å². The minimum atomic E-state index is -5.44. The van der Waals surface area contributed by atoms with Gasteiger partial charge in [-0.1, -0.05) is 128 Å². The van der Waals surface area contributed by atoms with Crippen LogP contribution < -0.4 is 11.4 Å². The number of aliphatic hydroxyl groups is 2. The number of carbonyl (C=O) groups excluding carboxylic acids is 2. The molecule has 2 saturated heterocycles. The number of aromatic nitrogens is 2. The zero-order valence-electron chi connectivity index (χ0n) is 40.3. The average Bonchev–Trinajstić information content (AvgIpc) is 3.98. The summed E-state index contributed by atoms with van der Waals surface area (Å²) in [5, 5.41) is 20.9. The van der Waals surface area contributed by atoms with Crippen LogP contribution in [0.5, 0.6) is 0 Å². The van der Waals surface area contributed by atoms with Gasteiger partial charge in [-0.3, -0.25) is 23.2 Å². The Morgan fingerprint density at radius 3 is 2.09 bits per heavy atom. The Morgan fingerprint density at radius 1 is 0.779 bits per heavy atom. The summed E-state index contributed by atoms with van der Waals surface area (Å²) in [6, 6.07) is 1.24. The van der Waals surface area contributed by atoms with E-state index in [4.69, 9.17) is 33.7 Å². The molecule has 388 valence electrons. The molecule has 5 unspecified atom stereocenters. The molecule has 19 nitrogen and oxygen atoms in total. The van der Waals surface area contributed by atoms with Gasteiger partial charge in [0, 0.05) is 19.0 Å². The van der Waals surface area contributed by atoms with E-state index in [1.165, 1.54) is 57.4 Å². The first-order valence-electron chi connectivity index (χ1n) is 24.5. The lowest BCUT2D eigenvalue weighted by atomic mass is 9.99. The first-order valence-corrected chi connectivity index (χ1v) is 27.5. The highest BCUT2D eigenvalue weighted by molar-refractivity contribution is 7.61. The van der Waals surface area contributed by atoms with Crippen LogP contribution >= 0.6 is 15.6 Å². The van der Waals surface area contributed by atoms with Crippen molar-refractivity contribution in [1.82, 2.24) is 9.55 Å². The standard InChI is InChI=1S/C47H79N3O16P2/c1-4-6-7-8-17-22-27-38-39(64-38)28-23-18-13-11-15-20-25-30-43(52)63-37(33-60-42(51)29-24-19-14-10-9-12-16-21-26-36(3)5-2)34-61-67(56,57)66-68(58,59)62-35-40-44(53)45(54)46(65-40)50-32-31-41(48)49-47(50)55/h11,15,17-18,22-23,31-32,36-40,44-46,53-54H,4-10,12-14,16,19-21,24-30,33-35H2,1-3H3,(H,56,57)(H,58,59)(H2,48,49,55)/b15-11-,22-17-,23-18-/t36?,37-,38?,39?,40-,44-,45-,46-/m1/s1. The fraction of sp³-hybridized carbons (Fsp3) is 0.745. The molecule has 2 aliphatic rings. The van der Waals surface area contributed by atoms with Crippen LogP contribution in [0.25, 0.3) is 0 Å². The molecule has 3 heterocycles. The second kappa shape index (κ2) is 32.8. The van der Waals surface area contributed by atoms with Crippen molar-refractivity contribution < 1.29 is 71.0 Å². The van der Waals surface area contributed by atoms with Crippen molar-refractivity contribution in [3.05, 3.63) is 59.2 Å². The van der Waals surface area contributed by atoms with Crippen molar-refractivity contribution in [3.8, 4) is 0 Å². The highest BCUT2D eigenvalue weighted by Gasteiger charge is 2.46. The molecule has 3 rings (SSSR count). The van der Waals surface area contributed by atoms with Crippen LogP contribution in [0.2, 0.25) is 0 Å². The molecule has 0 bridgehead atoms. The Bertz CT molecular complexity index is 1860. The molecular weight excluding hydrogens is 924 g/mol. The summed E-state index contributed by atoms with van der Waals surface area (Å²) >= 11 is 0. The number of phosphoric ester groups is 2. The number of esters is 2. The Morgan fingerprint density at radius 2 is 1.40 bits per heavy atom. The van der Waals surface area contributed by atoms with Gasteiger partial charge in [-0.25, -0.2) is 13.9 Å². The first-order chi connectivity index (χ1) is 32.5. The Hall–Kier alpha value is -3.06. The van der Waals surface area contributed by atoms with E-state index in [1.807, 2.05) is 12.2 Å². The number of phosphoric acid groups is 2. The molecule has 2 fully saturated rings. The highest BCUT2D eigenvalue weighted by Crippen LogP contribution is 2.60. The van der Waals surface area contributed by atoms with E-state index < -0.39 is 83.7 Å². The summed E-state index contributed by atoms with van der Waals surface area (Å²) in [5.74, 6) is -0.604. The topological polar surface area (TPSA) is 278 Å². The van der Waals surface area contributed by atoms with Crippen molar-refractivity contribution in [2.24, 2.45) is 5.92 Å². The van der Waals surface area contributed by atoms with E-state index in [-0.39, 0.29) is 24.8 Å². The normalized spacial score (nSPS) is 23.2. The van der Waals surface area contributed by atoms with Crippen LogP contribution in [0.4, 0.5) is 5.82 Å². The summed E-state index contributed by atoms with van der Waals surface area (Å²) in [6.45, 7) is 4.34. The molecular formula is C47H79N3O16P2. The molecule has 1 aromatic rings. The minimum Gasteiger partial charge on any atom is -0.462 e. The summed E-state index contributed by atoms with van der Waals surface area (Å²) in [4.78, 5) is 61.8. The van der Waals surface area contributed by atoms with Crippen molar-refractivity contribution in [3.63, 3.8) is 0 Å². The number of hydrogen-bond acceptors (Lipinski definition) is 16. The molecule has 1 aromatic heterocycles. The molecule has 0 aliphatic carbocycles. The minimum absolute atomic E-state index is 0.0307. The van der Waals surface area contributed by atoms with E-state index in [9.17, 15) is 43.5 Å². The van der Waals surface area contributed by atoms with Crippen LogP contribution in [0, 0.1) is 5.92 Å². The number of nitrogen functional groups attached to an aromatic ring is 1. The second-order valence-electron chi connectivity index (χ2n) is 17.6. The van der Waals surface area contributed by atoms with E-state index >= 15 is 0 Å². The number of rotatable bonds is 38. The summed E-state index contributed by atoms with van der Waals surface area (Å²) in [6.07, 6.45) is 25.7. The smallest absolute Gasteiger partial charge is 0.462 e.